The predicted octanol–water partition coefficient (Wildman–Crippen LogP) is 5.00. The van der Waals surface area contributed by atoms with Crippen LogP contribution in [0.4, 0.5) is 16.7 Å². The number of hydrogen-bond donors (Lipinski definition) is 3. The molecule has 0 spiro atoms. The number of rotatable bonds is 6. The lowest BCUT2D eigenvalue weighted by Crippen LogP contribution is -2.13. The number of para-hydroxylation sites is 3. The van der Waals surface area contributed by atoms with Gasteiger partial charge in [-0.2, -0.15) is 9.36 Å². The molecule has 0 radical (unpaired) electrons. The standard InChI is InChI=1S/C20H20N4O2S/c1-3-13-8-4-5-9-14(13)21-18(25)17-12(2)24-27-19(17)23-20-22-15-10-6-7-11-16(15)26-20/h4-11,18,21,25H,3H2,1-2H3,(H,22,23). The van der Waals surface area contributed by atoms with Gasteiger partial charge in [-0.15, -0.1) is 0 Å². The van der Waals surface area contributed by atoms with Crippen molar-refractivity contribution in [2.24, 2.45) is 0 Å². The molecule has 2 heterocycles. The van der Waals surface area contributed by atoms with E-state index in [-0.39, 0.29) is 0 Å². The van der Waals surface area contributed by atoms with Crippen molar-refractivity contribution in [3.63, 3.8) is 0 Å². The van der Waals surface area contributed by atoms with Crippen molar-refractivity contribution in [2.75, 3.05) is 10.6 Å². The van der Waals surface area contributed by atoms with Gasteiger partial charge in [0, 0.05) is 5.69 Å². The molecule has 2 aromatic carbocycles. The Bertz CT molecular complexity index is 1040. The molecule has 138 valence electrons. The number of oxazole rings is 1. The third-order valence-electron chi connectivity index (χ3n) is 4.39. The smallest absolute Gasteiger partial charge is 0.300 e. The monoisotopic (exact) mass is 380 g/mol. The zero-order chi connectivity index (χ0) is 18.8. The van der Waals surface area contributed by atoms with Crippen LogP contribution in [0.5, 0.6) is 0 Å². The molecule has 0 bridgehead atoms. The number of aliphatic hydroxyl groups excluding tert-OH is 1. The van der Waals surface area contributed by atoms with E-state index >= 15 is 0 Å². The summed E-state index contributed by atoms with van der Waals surface area (Å²) in [5.74, 6) is 0. The summed E-state index contributed by atoms with van der Waals surface area (Å²) < 4.78 is 10.1. The van der Waals surface area contributed by atoms with Crippen LogP contribution in [0.15, 0.2) is 52.9 Å². The van der Waals surface area contributed by atoms with Crippen LogP contribution in [0, 0.1) is 6.92 Å². The average Bonchev–Trinajstić information content (AvgIpc) is 3.25. The molecule has 1 atom stereocenters. The third-order valence-corrected chi connectivity index (χ3v) is 5.26. The molecule has 0 aliphatic carbocycles. The Kier molecular flexibility index (Phi) is 4.79. The van der Waals surface area contributed by atoms with E-state index in [1.165, 1.54) is 11.5 Å². The van der Waals surface area contributed by atoms with Crippen LogP contribution in [0.2, 0.25) is 0 Å². The van der Waals surface area contributed by atoms with Crippen LogP contribution in [0.3, 0.4) is 0 Å². The average molecular weight is 380 g/mol. The highest BCUT2D eigenvalue weighted by Crippen LogP contribution is 2.34. The van der Waals surface area contributed by atoms with Crippen molar-refractivity contribution in [1.29, 1.82) is 0 Å². The summed E-state index contributed by atoms with van der Waals surface area (Å²) in [7, 11) is 0. The molecule has 1 unspecified atom stereocenters. The minimum absolute atomic E-state index is 0.377. The number of aromatic nitrogens is 2. The van der Waals surface area contributed by atoms with E-state index in [1.807, 2.05) is 55.5 Å². The Morgan fingerprint density at radius 3 is 2.74 bits per heavy atom. The Hall–Kier alpha value is -2.90. The summed E-state index contributed by atoms with van der Waals surface area (Å²) in [6, 6.07) is 15.9. The first-order valence-electron chi connectivity index (χ1n) is 8.77. The van der Waals surface area contributed by atoms with Gasteiger partial charge in [0.25, 0.3) is 0 Å². The van der Waals surface area contributed by atoms with Crippen LogP contribution in [0.1, 0.15) is 30.0 Å². The summed E-state index contributed by atoms with van der Waals surface area (Å²) in [5, 5.41) is 17.9. The molecule has 0 saturated carbocycles. The molecular formula is C20H20N4O2S. The van der Waals surface area contributed by atoms with E-state index in [9.17, 15) is 5.11 Å². The SMILES string of the molecule is CCc1ccccc1NC(O)c1c(C)nsc1Nc1nc2ccccc2o1. The van der Waals surface area contributed by atoms with E-state index in [1.54, 1.807) is 0 Å². The number of benzene rings is 2. The van der Waals surface area contributed by atoms with Crippen molar-refractivity contribution in [3.8, 4) is 0 Å². The number of hydrogen-bond acceptors (Lipinski definition) is 7. The molecule has 4 aromatic rings. The Morgan fingerprint density at radius 1 is 1.15 bits per heavy atom. The van der Waals surface area contributed by atoms with Gasteiger partial charge in [-0.05, 0) is 48.6 Å². The van der Waals surface area contributed by atoms with Gasteiger partial charge in [0.1, 0.15) is 10.5 Å². The molecule has 0 aliphatic rings. The second kappa shape index (κ2) is 7.38. The van der Waals surface area contributed by atoms with Crippen LogP contribution in [-0.4, -0.2) is 14.5 Å². The van der Waals surface area contributed by atoms with Gasteiger partial charge >= 0.3 is 6.01 Å². The molecule has 6 nitrogen and oxygen atoms in total. The van der Waals surface area contributed by atoms with Crippen LogP contribution < -0.4 is 10.6 Å². The van der Waals surface area contributed by atoms with Crippen LogP contribution >= 0.6 is 11.5 Å². The molecule has 27 heavy (non-hydrogen) atoms. The lowest BCUT2D eigenvalue weighted by Gasteiger charge is -2.17. The summed E-state index contributed by atoms with van der Waals surface area (Å²) in [6.45, 7) is 3.96. The minimum Gasteiger partial charge on any atom is -0.423 e. The second-order valence-electron chi connectivity index (χ2n) is 6.18. The van der Waals surface area contributed by atoms with E-state index < -0.39 is 6.23 Å². The lowest BCUT2D eigenvalue weighted by molar-refractivity contribution is 0.208. The van der Waals surface area contributed by atoms with Crippen LogP contribution in [-0.2, 0) is 6.42 Å². The second-order valence-corrected chi connectivity index (χ2v) is 6.95. The summed E-state index contributed by atoms with van der Waals surface area (Å²) in [6.07, 6.45) is -0.0200. The first kappa shape index (κ1) is 17.5. The molecule has 2 aromatic heterocycles. The number of nitrogens with zero attached hydrogens (tertiary/aromatic N) is 2. The summed E-state index contributed by atoms with van der Waals surface area (Å²) >= 11 is 1.27. The topological polar surface area (TPSA) is 83.2 Å². The maximum Gasteiger partial charge on any atom is 0.300 e. The summed E-state index contributed by atoms with van der Waals surface area (Å²) in [5.41, 5.74) is 4.98. The molecular weight excluding hydrogens is 360 g/mol. The highest BCUT2D eigenvalue weighted by atomic mass is 32.1. The van der Waals surface area contributed by atoms with Gasteiger partial charge in [0.15, 0.2) is 11.8 Å². The number of aliphatic hydroxyl groups is 1. The van der Waals surface area contributed by atoms with Crippen molar-refractivity contribution < 1.29 is 9.52 Å². The fraction of sp³-hybridized carbons (Fsp3) is 0.200. The quantitative estimate of drug-likeness (QED) is 0.408. The molecule has 0 saturated heterocycles. The number of aryl methyl sites for hydroxylation is 2. The predicted molar refractivity (Wildman–Crippen MR) is 109 cm³/mol. The fourth-order valence-corrected chi connectivity index (χ4v) is 3.82. The number of anilines is 3. The lowest BCUT2D eigenvalue weighted by atomic mass is 10.1. The van der Waals surface area contributed by atoms with E-state index in [4.69, 9.17) is 4.42 Å². The van der Waals surface area contributed by atoms with Gasteiger partial charge in [0.2, 0.25) is 0 Å². The molecule has 4 rings (SSSR count). The highest BCUT2D eigenvalue weighted by molar-refractivity contribution is 7.10. The minimum atomic E-state index is -0.900. The summed E-state index contributed by atoms with van der Waals surface area (Å²) in [4.78, 5) is 4.43. The molecule has 7 heteroatoms. The normalized spacial score (nSPS) is 12.3. The van der Waals surface area contributed by atoms with E-state index in [2.05, 4.69) is 26.9 Å². The van der Waals surface area contributed by atoms with Gasteiger partial charge < -0.3 is 14.8 Å². The Morgan fingerprint density at radius 2 is 1.93 bits per heavy atom. The highest BCUT2D eigenvalue weighted by Gasteiger charge is 2.21. The van der Waals surface area contributed by atoms with Crippen molar-refractivity contribution in [2.45, 2.75) is 26.5 Å². The first-order valence-corrected chi connectivity index (χ1v) is 9.54. The largest absolute Gasteiger partial charge is 0.423 e. The van der Waals surface area contributed by atoms with Gasteiger partial charge in [-0.3, -0.25) is 5.32 Å². The molecule has 0 amide bonds. The number of nitrogens with one attached hydrogen (secondary N) is 2. The molecule has 0 aliphatic heterocycles. The zero-order valence-electron chi connectivity index (χ0n) is 15.1. The maximum atomic E-state index is 10.8. The van der Waals surface area contributed by atoms with Gasteiger partial charge in [-0.1, -0.05) is 37.3 Å². The number of fused-ring (bicyclic) bond motifs is 1. The van der Waals surface area contributed by atoms with E-state index in [0.29, 0.717) is 22.2 Å². The molecule has 3 N–H and O–H groups in total. The van der Waals surface area contributed by atoms with Crippen LogP contribution in [0.25, 0.3) is 11.1 Å². The van der Waals surface area contributed by atoms with Gasteiger partial charge in [0.05, 0.1) is 11.3 Å². The van der Waals surface area contributed by atoms with Crippen molar-refractivity contribution >= 4 is 39.3 Å². The third kappa shape index (κ3) is 3.51. The molecule has 0 fully saturated rings. The fourth-order valence-electron chi connectivity index (χ4n) is 3.00. The Labute approximate surface area is 161 Å². The van der Waals surface area contributed by atoms with Crippen molar-refractivity contribution in [3.05, 3.63) is 65.4 Å². The van der Waals surface area contributed by atoms with Gasteiger partial charge in [-0.25, -0.2) is 0 Å². The van der Waals surface area contributed by atoms with Crippen molar-refractivity contribution in [1.82, 2.24) is 9.36 Å². The first-order chi connectivity index (χ1) is 13.2. The zero-order valence-corrected chi connectivity index (χ0v) is 15.9. The van der Waals surface area contributed by atoms with E-state index in [0.717, 1.165) is 28.9 Å². The maximum absolute atomic E-state index is 10.8. The Balaban J connectivity index is 1.61.